The number of carbonyl (C=O) groups is 2. The smallest absolute Gasteiger partial charge is 0.277 e. The molecule has 0 fully saturated rings. The van der Waals surface area contributed by atoms with Gasteiger partial charge >= 0.3 is 0 Å². The van der Waals surface area contributed by atoms with Crippen LogP contribution in [0.3, 0.4) is 0 Å². The number of carbonyl (C=O) groups excluding carboxylic acids is 2. The minimum Gasteiger partial charge on any atom is -0.368 e. The van der Waals surface area contributed by atoms with E-state index in [1.54, 1.807) is 24.3 Å². The zero-order chi connectivity index (χ0) is 13.8. The summed E-state index contributed by atoms with van der Waals surface area (Å²) < 4.78 is 0. The number of hydrogen-bond acceptors (Lipinski definition) is 4. The summed E-state index contributed by atoms with van der Waals surface area (Å²) in [7, 11) is 0. The Morgan fingerprint density at radius 3 is 2.68 bits per heavy atom. The molecule has 0 aliphatic rings. The number of primary amides is 1. The molecule has 0 saturated carbocycles. The molecular weight excluding hydrogens is 270 g/mol. The van der Waals surface area contributed by atoms with Crippen LogP contribution in [0.25, 0.3) is 10.8 Å². The van der Waals surface area contributed by atoms with E-state index in [2.05, 4.69) is 15.3 Å². The third kappa shape index (κ3) is 2.98. The predicted molar refractivity (Wildman–Crippen MR) is 69.4 cm³/mol. The van der Waals surface area contributed by atoms with Crippen molar-refractivity contribution in [3.8, 4) is 0 Å². The van der Waals surface area contributed by atoms with Gasteiger partial charge in [0.05, 0.1) is 5.56 Å². The van der Waals surface area contributed by atoms with Gasteiger partial charge in [0.25, 0.3) is 5.91 Å². The molecule has 0 spiro atoms. The predicted octanol–water partition coefficient (Wildman–Crippen LogP) is 1.03. The quantitative estimate of drug-likeness (QED) is 0.646. The van der Waals surface area contributed by atoms with E-state index in [1.165, 1.54) is 6.20 Å². The largest absolute Gasteiger partial charge is 0.368 e. The average molecular weight is 280 g/mol. The fraction of sp³-hybridized carbons (Fsp3) is 0.0833. The van der Waals surface area contributed by atoms with Gasteiger partial charge in [-0.1, -0.05) is 35.9 Å². The highest BCUT2D eigenvalue weighted by Gasteiger charge is 2.12. The van der Waals surface area contributed by atoms with Gasteiger partial charge in [0.15, 0.2) is 6.61 Å². The van der Waals surface area contributed by atoms with Gasteiger partial charge in [-0.25, -0.2) is 10.5 Å². The Balaban J connectivity index is 2.27. The van der Waals surface area contributed by atoms with E-state index in [-0.39, 0.29) is 0 Å². The number of nitrogens with one attached hydrogen (secondary N) is 1. The second-order valence-corrected chi connectivity index (χ2v) is 4.05. The van der Waals surface area contributed by atoms with E-state index in [0.717, 1.165) is 0 Å². The molecule has 3 N–H and O–H groups in total. The van der Waals surface area contributed by atoms with Crippen LogP contribution in [-0.4, -0.2) is 23.4 Å². The maximum atomic E-state index is 11.9. The number of benzene rings is 1. The lowest BCUT2D eigenvalue weighted by molar-refractivity contribution is -0.124. The molecular formula is C12H10ClN3O3. The summed E-state index contributed by atoms with van der Waals surface area (Å²) in [6.07, 6.45) is 1.34. The molecule has 19 heavy (non-hydrogen) atoms. The Morgan fingerprint density at radius 1 is 1.32 bits per heavy atom. The first-order valence-electron chi connectivity index (χ1n) is 5.33. The maximum Gasteiger partial charge on any atom is 0.277 e. The second-order valence-electron chi connectivity index (χ2n) is 3.69. The Labute approximate surface area is 113 Å². The normalized spacial score (nSPS) is 10.4. The highest BCUT2D eigenvalue weighted by molar-refractivity contribution is 6.34. The summed E-state index contributed by atoms with van der Waals surface area (Å²) in [6.45, 7) is -0.398. The van der Waals surface area contributed by atoms with Crippen LogP contribution in [0.4, 0.5) is 0 Å². The average Bonchev–Trinajstić information content (AvgIpc) is 2.39. The van der Waals surface area contributed by atoms with Gasteiger partial charge in [-0.2, -0.15) is 0 Å². The monoisotopic (exact) mass is 279 g/mol. The minimum atomic E-state index is -0.681. The number of amides is 2. The summed E-state index contributed by atoms with van der Waals surface area (Å²) in [5.74, 6) is -1.21. The standard InChI is InChI=1S/C12H10ClN3O3/c13-11-8-4-2-1-3-7(8)9(5-15-11)12(18)16-19-6-10(14)17/h1-5H,6H2,(H2,14,17)(H,16,18). The number of pyridine rings is 1. The van der Waals surface area contributed by atoms with Crippen LogP contribution in [0.15, 0.2) is 30.5 Å². The Kier molecular flexibility index (Phi) is 3.94. The molecule has 2 amide bonds. The third-order valence-electron chi connectivity index (χ3n) is 2.37. The fourth-order valence-electron chi connectivity index (χ4n) is 1.57. The van der Waals surface area contributed by atoms with Gasteiger partial charge in [0.1, 0.15) is 5.15 Å². The molecule has 0 radical (unpaired) electrons. The molecule has 0 aliphatic carbocycles. The molecule has 6 nitrogen and oxygen atoms in total. The molecule has 0 unspecified atom stereocenters. The lowest BCUT2D eigenvalue weighted by Crippen LogP contribution is -2.29. The van der Waals surface area contributed by atoms with Crippen molar-refractivity contribution in [2.45, 2.75) is 0 Å². The van der Waals surface area contributed by atoms with Gasteiger partial charge in [0.2, 0.25) is 5.91 Å². The van der Waals surface area contributed by atoms with Crippen molar-refractivity contribution in [2.24, 2.45) is 5.73 Å². The first-order chi connectivity index (χ1) is 9.09. The van der Waals surface area contributed by atoms with Crippen LogP contribution in [0.5, 0.6) is 0 Å². The zero-order valence-corrected chi connectivity index (χ0v) is 10.5. The number of halogens is 1. The van der Waals surface area contributed by atoms with Crippen molar-refractivity contribution >= 4 is 34.2 Å². The number of nitrogens with zero attached hydrogens (tertiary/aromatic N) is 1. The molecule has 2 rings (SSSR count). The number of hydrogen-bond donors (Lipinski definition) is 2. The highest BCUT2D eigenvalue weighted by atomic mass is 35.5. The molecule has 1 heterocycles. The van der Waals surface area contributed by atoms with E-state index in [1.807, 2.05) is 0 Å². The van der Waals surface area contributed by atoms with E-state index < -0.39 is 18.4 Å². The van der Waals surface area contributed by atoms with E-state index in [4.69, 9.17) is 17.3 Å². The molecule has 0 bridgehead atoms. The van der Waals surface area contributed by atoms with E-state index in [0.29, 0.717) is 21.5 Å². The van der Waals surface area contributed by atoms with Crippen molar-refractivity contribution in [2.75, 3.05) is 6.61 Å². The fourth-order valence-corrected chi connectivity index (χ4v) is 1.78. The number of nitrogens with two attached hydrogens (primary N) is 1. The van der Waals surface area contributed by atoms with Crippen molar-refractivity contribution in [3.63, 3.8) is 0 Å². The van der Waals surface area contributed by atoms with E-state index >= 15 is 0 Å². The molecule has 1 aromatic heterocycles. The number of hydroxylamine groups is 1. The number of aromatic nitrogens is 1. The zero-order valence-electron chi connectivity index (χ0n) is 9.72. The summed E-state index contributed by atoms with van der Waals surface area (Å²) in [6, 6.07) is 7.07. The number of fused-ring (bicyclic) bond motifs is 1. The van der Waals surface area contributed by atoms with Crippen LogP contribution in [-0.2, 0) is 9.63 Å². The molecule has 0 atom stereocenters. The summed E-state index contributed by atoms with van der Waals surface area (Å²) in [5.41, 5.74) is 7.30. The first-order valence-corrected chi connectivity index (χ1v) is 5.71. The van der Waals surface area contributed by atoms with Crippen molar-refractivity contribution in [1.82, 2.24) is 10.5 Å². The highest BCUT2D eigenvalue weighted by Crippen LogP contribution is 2.23. The van der Waals surface area contributed by atoms with Crippen molar-refractivity contribution in [3.05, 3.63) is 41.2 Å². The molecule has 1 aromatic carbocycles. The first kappa shape index (κ1) is 13.3. The summed E-state index contributed by atoms with van der Waals surface area (Å²) >= 11 is 5.94. The Bertz CT molecular complexity index is 645. The third-order valence-corrected chi connectivity index (χ3v) is 2.67. The summed E-state index contributed by atoms with van der Waals surface area (Å²) in [5, 5.41) is 1.61. The Morgan fingerprint density at radius 2 is 2.00 bits per heavy atom. The van der Waals surface area contributed by atoms with Crippen LogP contribution >= 0.6 is 11.6 Å². The maximum absolute atomic E-state index is 11.9. The number of rotatable bonds is 4. The molecule has 0 aliphatic heterocycles. The van der Waals surface area contributed by atoms with Gasteiger partial charge < -0.3 is 5.73 Å². The SMILES string of the molecule is NC(=O)CONC(=O)c1cnc(Cl)c2ccccc12. The summed E-state index contributed by atoms with van der Waals surface area (Å²) in [4.78, 5) is 31.0. The van der Waals surface area contributed by atoms with Gasteiger partial charge in [-0.3, -0.25) is 14.4 Å². The van der Waals surface area contributed by atoms with Gasteiger partial charge in [-0.15, -0.1) is 0 Å². The lowest BCUT2D eigenvalue weighted by Gasteiger charge is -2.07. The molecule has 98 valence electrons. The second kappa shape index (κ2) is 5.64. The Hall–Kier alpha value is -2.18. The van der Waals surface area contributed by atoms with Crippen LogP contribution < -0.4 is 11.2 Å². The molecule has 2 aromatic rings. The van der Waals surface area contributed by atoms with Gasteiger partial charge in [-0.05, 0) is 5.39 Å². The van der Waals surface area contributed by atoms with Crippen LogP contribution in [0.1, 0.15) is 10.4 Å². The van der Waals surface area contributed by atoms with Crippen molar-refractivity contribution in [1.29, 1.82) is 0 Å². The molecule has 7 heteroatoms. The van der Waals surface area contributed by atoms with Crippen LogP contribution in [0, 0.1) is 0 Å². The van der Waals surface area contributed by atoms with Crippen molar-refractivity contribution < 1.29 is 14.4 Å². The van der Waals surface area contributed by atoms with Gasteiger partial charge in [0, 0.05) is 11.6 Å². The van der Waals surface area contributed by atoms with E-state index in [9.17, 15) is 9.59 Å². The molecule has 0 saturated heterocycles. The topological polar surface area (TPSA) is 94.3 Å². The minimum absolute atomic E-state index is 0.296. The van der Waals surface area contributed by atoms with Crippen LogP contribution in [0.2, 0.25) is 5.15 Å². The lowest BCUT2D eigenvalue weighted by atomic mass is 10.1.